The van der Waals surface area contributed by atoms with Crippen molar-refractivity contribution in [3.8, 4) is 0 Å². The van der Waals surface area contributed by atoms with E-state index in [4.69, 9.17) is 0 Å². The highest BCUT2D eigenvalue weighted by Crippen LogP contribution is 2.35. The van der Waals surface area contributed by atoms with Gasteiger partial charge >= 0.3 is 0 Å². The van der Waals surface area contributed by atoms with Gasteiger partial charge in [0.25, 0.3) is 0 Å². The molecule has 2 heteroatoms. The molecule has 2 rings (SSSR count). The maximum atomic E-state index is 3.52. The molecule has 0 aromatic carbocycles. The topological polar surface area (TPSA) is 15.3 Å². The summed E-state index contributed by atoms with van der Waals surface area (Å²) in [5.74, 6) is 0.906. The van der Waals surface area contributed by atoms with Crippen molar-refractivity contribution in [1.82, 2.24) is 10.2 Å². The monoisotopic (exact) mass is 224 g/mol. The summed E-state index contributed by atoms with van der Waals surface area (Å²) in [7, 11) is 0. The number of rotatable bonds is 1. The Morgan fingerprint density at radius 3 is 2.56 bits per heavy atom. The van der Waals surface area contributed by atoms with Crippen molar-refractivity contribution in [2.75, 3.05) is 26.2 Å². The molecule has 0 amide bonds. The van der Waals surface area contributed by atoms with Crippen LogP contribution in [-0.4, -0.2) is 37.1 Å². The van der Waals surface area contributed by atoms with E-state index in [9.17, 15) is 0 Å². The van der Waals surface area contributed by atoms with E-state index < -0.39 is 0 Å². The second-order valence-corrected chi connectivity index (χ2v) is 6.68. The number of hydrogen-bond acceptors (Lipinski definition) is 2. The summed E-state index contributed by atoms with van der Waals surface area (Å²) in [5.41, 5.74) is 0.498. The van der Waals surface area contributed by atoms with Crippen molar-refractivity contribution in [1.29, 1.82) is 0 Å². The van der Waals surface area contributed by atoms with E-state index in [0.29, 0.717) is 5.41 Å². The number of nitrogens with one attached hydrogen (secondary N) is 1. The van der Waals surface area contributed by atoms with Gasteiger partial charge in [0.2, 0.25) is 0 Å². The van der Waals surface area contributed by atoms with Gasteiger partial charge in [-0.2, -0.15) is 0 Å². The second-order valence-electron chi connectivity index (χ2n) is 6.68. The molecule has 94 valence electrons. The van der Waals surface area contributed by atoms with E-state index in [1.807, 2.05) is 0 Å². The fraction of sp³-hybridized carbons (Fsp3) is 1.00. The molecule has 0 radical (unpaired) electrons. The zero-order chi connectivity index (χ0) is 11.6. The fourth-order valence-corrected chi connectivity index (χ4v) is 3.19. The molecule has 0 aromatic heterocycles. The predicted octanol–water partition coefficient (Wildman–Crippen LogP) is 2.50. The molecule has 2 heterocycles. The Bertz CT molecular complexity index is 211. The lowest BCUT2D eigenvalue weighted by Crippen LogP contribution is -2.35. The minimum atomic E-state index is 0.498. The van der Waals surface area contributed by atoms with Crippen LogP contribution >= 0.6 is 0 Å². The molecule has 0 bridgehead atoms. The molecule has 0 saturated carbocycles. The molecule has 2 unspecified atom stereocenters. The first-order valence-electron chi connectivity index (χ1n) is 7.02. The smallest absolute Gasteiger partial charge is 0.0108 e. The number of hydrogen-bond donors (Lipinski definition) is 1. The zero-order valence-corrected chi connectivity index (χ0v) is 11.3. The lowest BCUT2D eigenvalue weighted by atomic mass is 9.80. The van der Waals surface area contributed by atoms with E-state index in [1.165, 1.54) is 51.9 Å². The highest BCUT2D eigenvalue weighted by atomic mass is 15.2. The van der Waals surface area contributed by atoms with Crippen LogP contribution in [0.1, 0.15) is 46.5 Å². The maximum Gasteiger partial charge on any atom is 0.0108 e. The SMILES string of the molecule is CC(C)(C)C1CCN(C2CCCNCC2)C1. The minimum Gasteiger partial charge on any atom is -0.317 e. The summed E-state index contributed by atoms with van der Waals surface area (Å²) < 4.78 is 0. The van der Waals surface area contributed by atoms with Crippen molar-refractivity contribution in [2.45, 2.75) is 52.5 Å². The first-order chi connectivity index (χ1) is 7.57. The molecule has 2 aliphatic heterocycles. The Labute approximate surface area is 101 Å². The average Bonchev–Trinajstić information content (AvgIpc) is 2.55. The van der Waals surface area contributed by atoms with Gasteiger partial charge in [-0.1, -0.05) is 20.8 Å². The van der Waals surface area contributed by atoms with Gasteiger partial charge in [0.15, 0.2) is 0 Å². The molecule has 1 N–H and O–H groups in total. The van der Waals surface area contributed by atoms with Gasteiger partial charge in [0, 0.05) is 12.6 Å². The normalized spacial score (nSPS) is 33.9. The van der Waals surface area contributed by atoms with E-state index in [1.54, 1.807) is 0 Å². The highest BCUT2D eigenvalue weighted by Gasteiger charge is 2.34. The van der Waals surface area contributed by atoms with Gasteiger partial charge < -0.3 is 10.2 Å². The molecular weight excluding hydrogens is 196 g/mol. The first-order valence-corrected chi connectivity index (χ1v) is 7.02. The molecular formula is C14H28N2. The third kappa shape index (κ3) is 2.98. The van der Waals surface area contributed by atoms with Crippen molar-refractivity contribution < 1.29 is 0 Å². The Hall–Kier alpha value is -0.0800. The van der Waals surface area contributed by atoms with E-state index in [-0.39, 0.29) is 0 Å². The number of likely N-dealkylation sites (tertiary alicyclic amines) is 1. The Balaban J connectivity index is 1.87. The van der Waals surface area contributed by atoms with Crippen molar-refractivity contribution in [3.05, 3.63) is 0 Å². The highest BCUT2D eigenvalue weighted by molar-refractivity contribution is 4.88. The Kier molecular flexibility index (Phi) is 3.91. The van der Waals surface area contributed by atoms with Crippen molar-refractivity contribution >= 4 is 0 Å². The standard InChI is InChI=1S/C14H28N2/c1-14(2,3)12-7-10-16(11-12)13-5-4-8-15-9-6-13/h12-13,15H,4-11H2,1-3H3. The molecule has 2 atom stereocenters. The van der Waals surface area contributed by atoms with E-state index in [2.05, 4.69) is 31.0 Å². The second kappa shape index (κ2) is 5.05. The van der Waals surface area contributed by atoms with E-state index >= 15 is 0 Å². The van der Waals surface area contributed by atoms with Gasteiger partial charge in [0.1, 0.15) is 0 Å². The van der Waals surface area contributed by atoms with Crippen LogP contribution < -0.4 is 5.32 Å². The van der Waals surface area contributed by atoms with Crippen LogP contribution in [0.5, 0.6) is 0 Å². The minimum absolute atomic E-state index is 0.498. The van der Waals surface area contributed by atoms with E-state index in [0.717, 1.165) is 12.0 Å². The van der Waals surface area contributed by atoms with Crippen LogP contribution in [-0.2, 0) is 0 Å². The third-order valence-electron chi connectivity index (χ3n) is 4.51. The zero-order valence-electron chi connectivity index (χ0n) is 11.3. The van der Waals surface area contributed by atoms with Crippen molar-refractivity contribution in [2.24, 2.45) is 11.3 Å². The van der Waals surface area contributed by atoms with Gasteiger partial charge in [-0.25, -0.2) is 0 Å². The fourth-order valence-electron chi connectivity index (χ4n) is 3.19. The summed E-state index contributed by atoms with van der Waals surface area (Å²) in [5, 5.41) is 3.52. The third-order valence-corrected chi connectivity index (χ3v) is 4.51. The van der Waals surface area contributed by atoms with Gasteiger partial charge in [-0.05, 0) is 56.7 Å². The quantitative estimate of drug-likeness (QED) is 0.736. The first kappa shape index (κ1) is 12.4. The molecule has 2 fully saturated rings. The van der Waals surface area contributed by atoms with Crippen LogP contribution in [0.15, 0.2) is 0 Å². The summed E-state index contributed by atoms with van der Waals surface area (Å²) in [6.07, 6.45) is 5.54. The van der Waals surface area contributed by atoms with Crippen LogP contribution in [0.3, 0.4) is 0 Å². The van der Waals surface area contributed by atoms with Gasteiger partial charge in [-0.3, -0.25) is 0 Å². The molecule has 16 heavy (non-hydrogen) atoms. The molecule has 0 aromatic rings. The molecule has 0 spiro atoms. The van der Waals surface area contributed by atoms with Crippen LogP contribution in [0.4, 0.5) is 0 Å². The van der Waals surface area contributed by atoms with Crippen molar-refractivity contribution in [3.63, 3.8) is 0 Å². The molecule has 2 saturated heterocycles. The summed E-state index contributed by atoms with van der Waals surface area (Å²) in [6, 6.07) is 0.863. The molecule has 0 aliphatic carbocycles. The molecule has 2 aliphatic rings. The Morgan fingerprint density at radius 2 is 1.88 bits per heavy atom. The van der Waals surface area contributed by atoms with Gasteiger partial charge in [0.05, 0.1) is 0 Å². The summed E-state index contributed by atoms with van der Waals surface area (Å²) >= 11 is 0. The van der Waals surface area contributed by atoms with Crippen LogP contribution in [0, 0.1) is 11.3 Å². The Morgan fingerprint density at radius 1 is 1.06 bits per heavy atom. The molecule has 2 nitrogen and oxygen atoms in total. The number of nitrogens with zero attached hydrogens (tertiary/aromatic N) is 1. The average molecular weight is 224 g/mol. The maximum absolute atomic E-state index is 3.52. The largest absolute Gasteiger partial charge is 0.317 e. The summed E-state index contributed by atoms with van der Waals surface area (Å²) in [6.45, 7) is 12.3. The lowest BCUT2D eigenvalue weighted by molar-refractivity contribution is 0.184. The van der Waals surface area contributed by atoms with Crippen LogP contribution in [0.25, 0.3) is 0 Å². The summed E-state index contributed by atoms with van der Waals surface area (Å²) in [4.78, 5) is 2.77. The lowest BCUT2D eigenvalue weighted by Gasteiger charge is -2.30. The predicted molar refractivity (Wildman–Crippen MR) is 69.6 cm³/mol. The van der Waals surface area contributed by atoms with Crippen LogP contribution in [0.2, 0.25) is 0 Å². The van der Waals surface area contributed by atoms with Gasteiger partial charge in [-0.15, -0.1) is 0 Å².